The lowest BCUT2D eigenvalue weighted by Gasteiger charge is -2.46. The van der Waals surface area contributed by atoms with Gasteiger partial charge in [-0.25, -0.2) is 0 Å². The molecule has 1 saturated heterocycles. The summed E-state index contributed by atoms with van der Waals surface area (Å²) in [6.45, 7) is 18.3. The first kappa shape index (κ1) is 19.1. The lowest BCUT2D eigenvalue weighted by atomic mass is 9.77. The van der Waals surface area contributed by atoms with E-state index < -0.39 is 8.32 Å². The van der Waals surface area contributed by atoms with E-state index in [1.165, 1.54) is 0 Å². The minimum Gasteiger partial charge on any atom is -0.413 e. The summed E-state index contributed by atoms with van der Waals surface area (Å²) in [6, 6.07) is -0.125. The predicted octanol–water partition coefficient (Wildman–Crippen LogP) is 3.29. The van der Waals surface area contributed by atoms with Crippen molar-refractivity contribution in [3.05, 3.63) is 12.7 Å². The fourth-order valence-electron chi connectivity index (χ4n) is 2.60. The molecule has 1 aliphatic rings. The van der Waals surface area contributed by atoms with Gasteiger partial charge in [-0.1, -0.05) is 33.8 Å². The number of β-lactam (4-membered cyclic amide) rings is 1. The highest BCUT2D eigenvalue weighted by atomic mass is 28.4. The highest BCUT2D eigenvalue weighted by Crippen LogP contribution is 2.39. The van der Waals surface area contributed by atoms with Gasteiger partial charge in [0.1, 0.15) is 5.78 Å². The lowest BCUT2D eigenvalue weighted by molar-refractivity contribution is -0.144. The van der Waals surface area contributed by atoms with E-state index in [4.69, 9.17) is 4.43 Å². The molecule has 0 saturated carbocycles. The molecule has 2 unspecified atom stereocenters. The van der Waals surface area contributed by atoms with Crippen LogP contribution in [0.3, 0.4) is 0 Å². The maximum atomic E-state index is 12.0. The SMILES string of the molecule is C=CCC(=O)C(C)[C@@H]1NC(=O)[C@@H]1C(C)O[Si](C)(C)C(C)(C)C. The molecular formula is C17H31NO3Si. The Hall–Kier alpha value is -0.943. The Bertz CT molecular complexity index is 453. The van der Waals surface area contributed by atoms with Gasteiger partial charge < -0.3 is 9.74 Å². The summed E-state index contributed by atoms with van der Waals surface area (Å²) in [4.78, 5) is 24.0. The number of Topliss-reactive ketones (excluding diaryl/α,β-unsaturated/α-hetero) is 1. The first-order chi connectivity index (χ1) is 9.92. The summed E-state index contributed by atoms with van der Waals surface area (Å²) in [5.74, 6) is -0.331. The second-order valence-corrected chi connectivity index (χ2v) is 12.6. The molecule has 126 valence electrons. The Balaban J connectivity index is 2.79. The van der Waals surface area contributed by atoms with Crippen LogP contribution in [0.1, 0.15) is 41.0 Å². The van der Waals surface area contributed by atoms with Gasteiger partial charge in [-0.3, -0.25) is 9.59 Å². The van der Waals surface area contributed by atoms with Crippen LogP contribution >= 0.6 is 0 Å². The van der Waals surface area contributed by atoms with Crippen molar-refractivity contribution < 1.29 is 14.0 Å². The van der Waals surface area contributed by atoms with Crippen molar-refractivity contribution in [3.63, 3.8) is 0 Å². The Morgan fingerprint density at radius 3 is 2.36 bits per heavy atom. The van der Waals surface area contributed by atoms with E-state index in [-0.39, 0.29) is 40.7 Å². The molecule has 1 heterocycles. The van der Waals surface area contributed by atoms with Gasteiger partial charge in [0, 0.05) is 12.3 Å². The first-order valence-electron chi connectivity index (χ1n) is 8.04. The van der Waals surface area contributed by atoms with Crippen LogP contribution in [0.15, 0.2) is 12.7 Å². The molecule has 0 aromatic heterocycles. The molecular weight excluding hydrogens is 294 g/mol. The number of rotatable bonds is 7. The van der Waals surface area contributed by atoms with E-state index in [0.717, 1.165) is 0 Å². The van der Waals surface area contributed by atoms with Crippen molar-refractivity contribution in [2.45, 2.75) is 71.3 Å². The molecule has 1 aliphatic heterocycles. The molecule has 0 aromatic rings. The summed E-state index contributed by atoms with van der Waals surface area (Å²) in [5, 5.41) is 2.98. The summed E-state index contributed by atoms with van der Waals surface area (Å²) in [5.41, 5.74) is 0. The summed E-state index contributed by atoms with van der Waals surface area (Å²) in [6.07, 6.45) is 1.79. The van der Waals surface area contributed by atoms with E-state index >= 15 is 0 Å². The number of hydrogen-bond donors (Lipinski definition) is 1. The number of carbonyl (C=O) groups is 2. The van der Waals surface area contributed by atoms with Crippen molar-refractivity contribution in [2.24, 2.45) is 11.8 Å². The van der Waals surface area contributed by atoms with Gasteiger partial charge in [0.2, 0.25) is 5.91 Å². The zero-order valence-corrected chi connectivity index (χ0v) is 16.0. The molecule has 0 spiro atoms. The number of allylic oxidation sites excluding steroid dienone is 1. The zero-order valence-electron chi connectivity index (χ0n) is 15.0. The molecule has 1 N–H and O–H groups in total. The molecule has 1 amide bonds. The molecule has 4 nitrogen and oxygen atoms in total. The van der Waals surface area contributed by atoms with E-state index in [2.05, 4.69) is 45.8 Å². The third kappa shape index (κ3) is 3.87. The van der Waals surface area contributed by atoms with Gasteiger partial charge in [-0.05, 0) is 25.1 Å². The van der Waals surface area contributed by atoms with Crippen molar-refractivity contribution in [1.29, 1.82) is 0 Å². The van der Waals surface area contributed by atoms with Gasteiger partial charge in [-0.15, -0.1) is 6.58 Å². The molecule has 0 aromatic carbocycles. The molecule has 0 radical (unpaired) electrons. The largest absolute Gasteiger partial charge is 0.413 e. The lowest BCUT2D eigenvalue weighted by Crippen LogP contribution is -2.66. The van der Waals surface area contributed by atoms with Crippen molar-refractivity contribution in [1.82, 2.24) is 5.32 Å². The van der Waals surface area contributed by atoms with Gasteiger partial charge >= 0.3 is 0 Å². The number of nitrogens with one attached hydrogen (secondary N) is 1. The van der Waals surface area contributed by atoms with Gasteiger partial charge in [0.25, 0.3) is 0 Å². The van der Waals surface area contributed by atoms with Crippen LogP contribution in [-0.2, 0) is 14.0 Å². The van der Waals surface area contributed by atoms with E-state index in [0.29, 0.717) is 6.42 Å². The normalized spacial score (nSPS) is 25.0. The molecule has 4 atom stereocenters. The summed E-state index contributed by atoms with van der Waals surface area (Å²) < 4.78 is 6.34. The van der Waals surface area contributed by atoms with Crippen molar-refractivity contribution >= 4 is 20.0 Å². The number of amides is 1. The summed E-state index contributed by atoms with van der Waals surface area (Å²) in [7, 11) is -1.93. The number of ketones is 1. The van der Waals surface area contributed by atoms with Crippen LogP contribution in [0, 0.1) is 11.8 Å². The minimum absolute atomic E-state index is 0.00513. The van der Waals surface area contributed by atoms with Gasteiger partial charge in [0.15, 0.2) is 8.32 Å². The Labute approximate surface area is 135 Å². The fourth-order valence-corrected chi connectivity index (χ4v) is 4.03. The first-order valence-corrected chi connectivity index (χ1v) is 10.9. The average molecular weight is 326 g/mol. The quantitative estimate of drug-likeness (QED) is 0.444. The Morgan fingerprint density at radius 1 is 1.41 bits per heavy atom. The average Bonchev–Trinajstić information content (AvgIpc) is 2.32. The van der Waals surface area contributed by atoms with Crippen LogP contribution in [0.2, 0.25) is 18.1 Å². The number of carbonyl (C=O) groups excluding carboxylic acids is 2. The van der Waals surface area contributed by atoms with Gasteiger partial charge in [0.05, 0.1) is 18.1 Å². The van der Waals surface area contributed by atoms with Crippen molar-refractivity contribution in [2.75, 3.05) is 0 Å². The topological polar surface area (TPSA) is 55.4 Å². The molecule has 5 heteroatoms. The van der Waals surface area contributed by atoms with Crippen molar-refractivity contribution in [3.8, 4) is 0 Å². The Morgan fingerprint density at radius 2 is 1.95 bits per heavy atom. The molecule has 0 aliphatic carbocycles. The summed E-state index contributed by atoms with van der Waals surface area (Å²) >= 11 is 0. The monoisotopic (exact) mass is 325 g/mol. The van der Waals surface area contributed by atoms with Gasteiger partial charge in [-0.2, -0.15) is 0 Å². The van der Waals surface area contributed by atoms with Crippen LogP contribution in [0.25, 0.3) is 0 Å². The molecule has 22 heavy (non-hydrogen) atoms. The minimum atomic E-state index is -1.93. The van der Waals surface area contributed by atoms with E-state index in [1.807, 2.05) is 13.8 Å². The highest BCUT2D eigenvalue weighted by Gasteiger charge is 2.50. The maximum absolute atomic E-state index is 12.0. The van der Waals surface area contributed by atoms with Crippen LogP contribution in [-0.4, -0.2) is 32.2 Å². The third-order valence-corrected chi connectivity index (χ3v) is 9.76. The number of hydrogen-bond acceptors (Lipinski definition) is 3. The standard InChI is InChI=1S/C17H31NO3Si/c1-9-10-13(19)11(2)15-14(16(20)18-15)12(3)21-22(7,8)17(4,5)6/h9,11-12,14-15H,1,10H2,2-8H3,(H,18,20)/t11?,12?,14-,15+/m1/s1. The second kappa shape index (κ2) is 6.67. The zero-order chi connectivity index (χ0) is 17.3. The highest BCUT2D eigenvalue weighted by molar-refractivity contribution is 6.74. The Kier molecular flexibility index (Phi) is 5.79. The fraction of sp³-hybridized carbons (Fsp3) is 0.765. The molecule has 1 rings (SSSR count). The molecule has 1 fully saturated rings. The second-order valence-electron chi connectivity index (χ2n) is 7.89. The van der Waals surface area contributed by atoms with E-state index in [1.54, 1.807) is 6.08 Å². The van der Waals surface area contributed by atoms with E-state index in [9.17, 15) is 9.59 Å². The van der Waals surface area contributed by atoms with Crippen LogP contribution in [0.5, 0.6) is 0 Å². The third-order valence-electron chi connectivity index (χ3n) is 5.18. The smallest absolute Gasteiger partial charge is 0.228 e. The van der Waals surface area contributed by atoms with Crippen LogP contribution < -0.4 is 5.32 Å². The van der Waals surface area contributed by atoms with Crippen LogP contribution in [0.4, 0.5) is 0 Å². The maximum Gasteiger partial charge on any atom is 0.228 e. The predicted molar refractivity (Wildman–Crippen MR) is 92.1 cm³/mol. The molecule has 0 bridgehead atoms.